The molecule has 0 amide bonds. The standard InChI is InChI=1S/C17H18O2/c1-3-11(2)13-6-8-15-14(10-13)5-4-12-7-9-16(18)19-17(12)15/h4-6,8,10-11H,3,7,9H2,1-2H3. The van der Waals surface area contributed by atoms with E-state index >= 15 is 0 Å². The second kappa shape index (κ2) is 4.69. The second-order valence-electron chi connectivity index (χ2n) is 5.32. The Balaban J connectivity index is 2.14. The molecule has 0 saturated heterocycles. The molecule has 2 nitrogen and oxygen atoms in total. The third-order valence-electron chi connectivity index (χ3n) is 4.07. The summed E-state index contributed by atoms with van der Waals surface area (Å²) < 4.78 is 5.43. The van der Waals surface area contributed by atoms with Crippen LogP contribution in [0.15, 0.2) is 30.3 Å². The number of hydrogen-bond acceptors (Lipinski definition) is 2. The monoisotopic (exact) mass is 254 g/mol. The minimum Gasteiger partial charge on any atom is -0.426 e. The molecule has 19 heavy (non-hydrogen) atoms. The van der Waals surface area contributed by atoms with Crippen LogP contribution in [-0.2, 0) is 11.2 Å². The summed E-state index contributed by atoms with van der Waals surface area (Å²) >= 11 is 0. The van der Waals surface area contributed by atoms with Crippen molar-refractivity contribution in [2.75, 3.05) is 0 Å². The molecular formula is C17H18O2. The molecule has 0 radical (unpaired) electrons. The molecule has 1 unspecified atom stereocenters. The van der Waals surface area contributed by atoms with Crippen LogP contribution in [0, 0.1) is 0 Å². The number of fused-ring (bicyclic) bond motifs is 3. The largest absolute Gasteiger partial charge is 0.426 e. The zero-order valence-electron chi connectivity index (χ0n) is 11.4. The summed E-state index contributed by atoms with van der Waals surface area (Å²) in [5, 5.41) is 2.21. The van der Waals surface area contributed by atoms with Gasteiger partial charge in [-0.05, 0) is 35.3 Å². The van der Waals surface area contributed by atoms with Crippen LogP contribution in [0.4, 0.5) is 0 Å². The number of hydrogen-bond donors (Lipinski definition) is 0. The summed E-state index contributed by atoms with van der Waals surface area (Å²) in [4.78, 5) is 11.5. The van der Waals surface area contributed by atoms with Crippen molar-refractivity contribution in [3.05, 3.63) is 41.5 Å². The van der Waals surface area contributed by atoms with Gasteiger partial charge in [0.1, 0.15) is 5.75 Å². The molecular weight excluding hydrogens is 236 g/mol. The van der Waals surface area contributed by atoms with E-state index in [0.717, 1.165) is 34.9 Å². The van der Waals surface area contributed by atoms with Crippen LogP contribution >= 0.6 is 0 Å². The van der Waals surface area contributed by atoms with Crippen molar-refractivity contribution in [3.8, 4) is 5.75 Å². The first-order chi connectivity index (χ1) is 9.19. The smallest absolute Gasteiger partial charge is 0.311 e. The average Bonchev–Trinajstić information content (AvgIpc) is 2.45. The lowest BCUT2D eigenvalue weighted by Gasteiger charge is -2.18. The van der Waals surface area contributed by atoms with Crippen LogP contribution in [0.2, 0.25) is 0 Å². The summed E-state index contributed by atoms with van der Waals surface area (Å²) in [6.07, 6.45) is 2.41. The van der Waals surface area contributed by atoms with Gasteiger partial charge in [0, 0.05) is 5.39 Å². The maximum atomic E-state index is 11.5. The van der Waals surface area contributed by atoms with Crippen LogP contribution in [0.5, 0.6) is 5.75 Å². The fourth-order valence-corrected chi connectivity index (χ4v) is 2.63. The first-order valence-electron chi connectivity index (χ1n) is 6.95. The Morgan fingerprint density at radius 1 is 1.21 bits per heavy atom. The fraction of sp³-hybridized carbons (Fsp3) is 0.353. The number of carbonyl (C=O) groups excluding carboxylic acids is 1. The van der Waals surface area contributed by atoms with Gasteiger partial charge in [-0.15, -0.1) is 0 Å². The Morgan fingerprint density at radius 3 is 2.84 bits per heavy atom. The van der Waals surface area contributed by atoms with Gasteiger partial charge in [-0.2, -0.15) is 0 Å². The van der Waals surface area contributed by atoms with Crippen LogP contribution < -0.4 is 4.74 Å². The zero-order valence-corrected chi connectivity index (χ0v) is 11.4. The summed E-state index contributed by atoms with van der Waals surface area (Å²) in [6.45, 7) is 4.43. The van der Waals surface area contributed by atoms with E-state index in [1.807, 2.05) is 0 Å². The van der Waals surface area contributed by atoms with Crippen LogP contribution in [0.1, 0.15) is 43.7 Å². The zero-order chi connectivity index (χ0) is 13.4. The molecule has 2 aromatic carbocycles. The molecule has 3 rings (SSSR count). The Hall–Kier alpha value is -1.83. The minimum atomic E-state index is -0.119. The van der Waals surface area contributed by atoms with E-state index < -0.39 is 0 Å². The van der Waals surface area contributed by atoms with E-state index in [9.17, 15) is 4.79 Å². The van der Waals surface area contributed by atoms with Crippen LogP contribution in [0.25, 0.3) is 10.8 Å². The van der Waals surface area contributed by atoms with Crippen molar-refractivity contribution in [1.29, 1.82) is 0 Å². The minimum absolute atomic E-state index is 0.119. The number of rotatable bonds is 2. The van der Waals surface area contributed by atoms with Crippen molar-refractivity contribution in [2.45, 2.75) is 39.0 Å². The maximum Gasteiger partial charge on any atom is 0.311 e. The number of ether oxygens (including phenoxy) is 1. The topological polar surface area (TPSA) is 26.3 Å². The van der Waals surface area contributed by atoms with Crippen LogP contribution in [-0.4, -0.2) is 5.97 Å². The summed E-state index contributed by atoms with van der Waals surface area (Å²) in [5.41, 5.74) is 2.49. The summed E-state index contributed by atoms with van der Waals surface area (Å²) in [7, 11) is 0. The van der Waals surface area contributed by atoms with E-state index in [1.54, 1.807) is 0 Å². The predicted molar refractivity (Wildman–Crippen MR) is 76.6 cm³/mol. The first-order valence-corrected chi connectivity index (χ1v) is 6.95. The van der Waals surface area contributed by atoms with Gasteiger partial charge in [-0.25, -0.2) is 0 Å². The van der Waals surface area contributed by atoms with Crippen molar-refractivity contribution in [1.82, 2.24) is 0 Å². The highest BCUT2D eigenvalue weighted by Crippen LogP contribution is 2.35. The molecule has 2 heteroatoms. The van der Waals surface area contributed by atoms with Crippen molar-refractivity contribution in [2.24, 2.45) is 0 Å². The average molecular weight is 254 g/mol. The normalized spacial score (nSPS) is 16.0. The van der Waals surface area contributed by atoms with Crippen LogP contribution in [0.3, 0.4) is 0 Å². The van der Waals surface area contributed by atoms with Crippen molar-refractivity contribution in [3.63, 3.8) is 0 Å². The Labute approximate surface area is 113 Å². The molecule has 0 aromatic heterocycles. The molecule has 1 aliphatic rings. The predicted octanol–water partition coefficient (Wildman–Crippen LogP) is 4.20. The van der Waals surface area contributed by atoms with Gasteiger partial charge in [0.25, 0.3) is 0 Å². The Bertz CT molecular complexity index is 643. The highest BCUT2D eigenvalue weighted by Gasteiger charge is 2.19. The lowest BCUT2D eigenvalue weighted by Crippen LogP contribution is -2.15. The number of esters is 1. The highest BCUT2D eigenvalue weighted by molar-refractivity contribution is 5.93. The van der Waals surface area contributed by atoms with Gasteiger partial charge < -0.3 is 4.74 Å². The first kappa shape index (κ1) is 12.2. The molecule has 0 fully saturated rings. The third kappa shape index (κ3) is 2.12. The molecule has 0 N–H and O–H groups in total. The van der Waals surface area contributed by atoms with E-state index in [-0.39, 0.29) is 5.97 Å². The molecule has 1 atom stereocenters. The molecule has 0 spiro atoms. The number of benzene rings is 2. The Kier molecular flexibility index (Phi) is 3.02. The third-order valence-corrected chi connectivity index (χ3v) is 4.07. The van der Waals surface area contributed by atoms with E-state index in [1.165, 1.54) is 5.56 Å². The summed E-state index contributed by atoms with van der Waals surface area (Å²) in [6, 6.07) is 10.7. The second-order valence-corrected chi connectivity index (χ2v) is 5.32. The van der Waals surface area contributed by atoms with Gasteiger partial charge in [-0.1, -0.05) is 44.2 Å². The molecule has 1 heterocycles. The van der Waals surface area contributed by atoms with Gasteiger partial charge in [0.15, 0.2) is 0 Å². The molecule has 0 saturated carbocycles. The van der Waals surface area contributed by atoms with E-state index in [0.29, 0.717) is 12.3 Å². The van der Waals surface area contributed by atoms with Crippen molar-refractivity contribution >= 4 is 16.7 Å². The van der Waals surface area contributed by atoms with E-state index in [4.69, 9.17) is 4.74 Å². The summed E-state index contributed by atoms with van der Waals surface area (Å²) in [5.74, 6) is 1.21. The van der Waals surface area contributed by atoms with Crippen molar-refractivity contribution < 1.29 is 9.53 Å². The molecule has 1 aliphatic heterocycles. The van der Waals surface area contributed by atoms with Gasteiger partial charge in [0.2, 0.25) is 0 Å². The number of aryl methyl sites for hydroxylation is 1. The Morgan fingerprint density at radius 2 is 2.05 bits per heavy atom. The molecule has 2 aromatic rings. The highest BCUT2D eigenvalue weighted by atomic mass is 16.5. The molecule has 0 aliphatic carbocycles. The maximum absolute atomic E-state index is 11.5. The lowest BCUT2D eigenvalue weighted by atomic mass is 9.94. The quantitative estimate of drug-likeness (QED) is 0.593. The molecule has 98 valence electrons. The lowest BCUT2D eigenvalue weighted by molar-refractivity contribution is -0.135. The number of carbonyl (C=O) groups is 1. The van der Waals surface area contributed by atoms with E-state index in [2.05, 4.69) is 44.2 Å². The van der Waals surface area contributed by atoms with Gasteiger partial charge in [0.05, 0.1) is 6.42 Å². The SMILES string of the molecule is CCC(C)c1ccc2c3c(ccc2c1)CCC(=O)O3. The van der Waals surface area contributed by atoms with Gasteiger partial charge >= 0.3 is 5.97 Å². The van der Waals surface area contributed by atoms with Gasteiger partial charge in [-0.3, -0.25) is 4.79 Å². The molecule has 0 bridgehead atoms. The fourth-order valence-electron chi connectivity index (χ4n) is 2.63.